The lowest BCUT2D eigenvalue weighted by Crippen LogP contribution is -1.82. The highest BCUT2D eigenvalue weighted by Gasteiger charge is 1.91. The Labute approximate surface area is 112 Å². The number of hydrogen-bond acceptors (Lipinski definition) is 1. The van der Waals surface area contributed by atoms with Gasteiger partial charge in [0.05, 0.1) is 7.11 Å². The van der Waals surface area contributed by atoms with E-state index in [1.165, 1.54) is 50.5 Å². The van der Waals surface area contributed by atoms with Gasteiger partial charge >= 0.3 is 0 Å². The lowest BCUT2D eigenvalue weighted by atomic mass is 10.1. The quantitative estimate of drug-likeness (QED) is 0.526. The Morgan fingerprint density at radius 1 is 1.06 bits per heavy atom. The van der Waals surface area contributed by atoms with Crippen molar-refractivity contribution in [1.29, 1.82) is 0 Å². The molecular weight excluding hydrogens is 220 g/mol. The second-order valence-corrected chi connectivity index (χ2v) is 4.74. The molecule has 0 saturated carbocycles. The van der Waals surface area contributed by atoms with Crippen LogP contribution in [-0.2, 0) is 0 Å². The highest BCUT2D eigenvalue weighted by atomic mass is 16.5. The molecule has 1 aromatic rings. The molecule has 0 aliphatic rings. The van der Waals surface area contributed by atoms with Crippen molar-refractivity contribution in [3.63, 3.8) is 0 Å². The van der Waals surface area contributed by atoms with E-state index in [0.717, 1.165) is 5.75 Å². The van der Waals surface area contributed by atoms with E-state index in [4.69, 9.17) is 4.74 Å². The molecule has 0 atom stereocenters. The molecule has 1 aromatic carbocycles. The zero-order valence-electron chi connectivity index (χ0n) is 11.8. The molecule has 0 amide bonds. The fourth-order valence-corrected chi connectivity index (χ4v) is 2.01. The van der Waals surface area contributed by atoms with Crippen LogP contribution in [-0.4, -0.2) is 7.11 Å². The van der Waals surface area contributed by atoms with Crippen LogP contribution < -0.4 is 4.74 Å². The first-order valence-corrected chi connectivity index (χ1v) is 7.17. The molecule has 0 unspecified atom stereocenters. The fraction of sp³-hybridized carbons (Fsp3) is 0.529. The Morgan fingerprint density at radius 2 is 1.83 bits per heavy atom. The lowest BCUT2D eigenvalue weighted by Gasteiger charge is -2.00. The molecule has 0 radical (unpaired) electrons. The van der Waals surface area contributed by atoms with Gasteiger partial charge in [0.2, 0.25) is 0 Å². The maximum atomic E-state index is 5.20. The Morgan fingerprint density at radius 3 is 2.61 bits per heavy atom. The predicted molar refractivity (Wildman–Crippen MR) is 80.0 cm³/mol. The first kappa shape index (κ1) is 14.8. The average Bonchev–Trinajstić information content (AvgIpc) is 2.42. The summed E-state index contributed by atoms with van der Waals surface area (Å²) in [5, 5.41) is 0. The molecule has 0 aliphatic carbocycles. The van der Waals surface area contributed by atoms with E-state index in [9.17, 15) is 0 Å². The Hall–Kier alpha value is -1.24. The van der Waals surface area contributed by atoms with Gasteiger partial charge in [-0.1, -0.05) is 63.3 Å². The third kappa shape index (κ3) is 6.48. The van der Waals surface area contributed by atoms with Crippen molar-refractivity contribution in [3.05, 3.63) is 35.9 Å². The van der Waals surface area contributed by atoms with Crippen LogP contribution in [0.2, 0.25) is 0 Å². The van der Waals surface area contributed by atoms with Crippen LogP contribution in [0.1, 0.15) is 57.4 Å². The monoisotopic (exact) mass is 246 g/mol. The normalized spacial score (nSPS) is 11.0. The molecule has 0 spiro atoms. The van der Waals surface area contributed by atoms with Gasteiger partial charge in [0.25, 0.3) is 0 Å². The second kappa shape index (κ2) is 9.76. The van der Waals surface area contributed by atoms with Crippen LogP contribution in [0.4, 0.5) is 0 Å². The maximum absolute atomic E-state index is 5.20. The van der Waals surface area contributed by atoms with E-state index in [1.807, 2.05) is 12.1 Å². The fourth-order valence-electron chi connectivity index (χ4n) is 2.01. The van der Waals surface area contributed by atoms with E-state index in [2.05, 4.69) is 31.2 Å². The summed E-state index contributed by atoms with van der Waals surface area (Å²) in [7, 11) is 1.71. The van der Waals surface area contributed by atoms with Gasteiger partial charge in [-0.3, -0.25) is 0 Å². The van der Waals surface area contributed by atoms with Gasteiger partial charge in [-0.05, 0) is 30.5 Å². The molecule has 100 valence electrons. The van der Waals surface area contributed by atoms with Gasteiger partial charge in [0.15, 0.2) is 0 Å². The number of methoxy groups -OCH3 is 1. The van der Waals surface area contributed by atoms with Crippen LogP contribution in [0.15, 0.2) is 30.3 Å². The molecule has 0 aliphatic heterocycles. The summed E-state index contributed by atoms with van der Waals surface area (Å²) in [5.41, 5.74) is 1.22. The van der Waals surface area contributed by atoms with Crippen molar-refractivity contribution in [3.8, 4) is 5.75 Å². The van der Waals surface area contributed by atoms with Crippen LogP contribution in [0, 0.1) is 0 Å². The molecule has 0 aromatic heterocycles. The summed E-state index contributed by atoms with van der Waals surface area (Å²) < 4.78 is 5.20. The summed E-state index contributed by atoms with van der Waals surface area (Å²) in [4.78, 5) is 0. The molecule has 0 bridgehead atoms. The number of hydrogen-bond donors (Lipinski definition) is 0. The van der Waals surface area contributed by atoms with E-state index in [1.54, 1.807) is 7.11 Å². The van der Waals surface area contributed by atoms with E-state index in [-0.39, 0.29) is 0 Å². The van der Waals surface area contributed by atoms with Gasteiger partial charge < -0.3 is 4.74 Å². The summed E-state index contributed by atoms with van der Waals surface area (Å²) in [6.07, 6.45) is 13.8. The Balaban J connectivity index is 2.16. The predicted octanol–water partition coefficient (Wildman–Crippen LogP) is 5.46. The summed E-state index contributed by atoms with van der Waals surface area (Å²) in [6.45, 7) is 2.26. The number of rotatable bonds is 9. The first-order valence-electron chi connectivity index (χ1n) is 7.17. The molecular formula is C17H26O. The number of allylic oxidation sites excluding steroid dienone is 1. The van der Waals surface area contributed by atoms with Crippen LogP contribution in [0.5, 0.6) is 5.75 Å². The van der Waals surface area contributed by atoms with Crippen LogP contribution >= 0.6 is 0 Å². The van der Waals surface area contributed by atoms with Crippen molar-refractivity contribution >= 4 is 6.08 Å². The van der Waals surface area contributed by atoms with Gasteiger partial charge in [0.1, 0.15) is 5.75 Å². The second-order valence-electron chi connectivity index (χ2n) is 4.74. The van der Waals surface area contributed by atoms with Gasteiger partial charge in [-0.2, -0.15) is 0 Å². The first-order chi connectivity index (χ1) is 8.86. The highest BCUT2D eigenvalue weighted by Crippen LogP contribution is 2.14. The van der Waals surface area contributed by atoms with Gasteiger partial charge in [0, 0.05) is 0 Å². The molecule has 1 heteroatoms. The lowest BCUT2D eigenvalue weighted by molar-refractivity contribution is 0.414. The molecule has 0 heterocycles. The van der Waals surface area contributed by atoms with E-state index >= 15 is 0 Å². The largest absolute Gasteiger partial charge is 0.497 e. The SMILES string of the molecule is CCCCCCCC/C=C/c1cccc(OC)c1. The van der Waals surface area contributed by atoms with Crippen molar-refractivity contribution in [2.45, 2.75) is 51.9 Å². The minimum Gasteiger partial charge on any atom is -0.497 e. The summed E-state index contributed by atoms with van der Waals surface area (Å²) >= 11 is 0. The van der Waals surface area contributed by atoms with E-state index in [0.29, 0.717) is 0 Å². The third-order valence-electron chi connectivity index (χ3n) is 3.13. The zero-order chi connectivity index (χ0) is 13.1. The zero-order valence-corrected chi connectivity index (χ0v) is 11.8. The van der Waals surface area contributed by atoms with Gasteiger partial charge in [-0.15, -0.1) is 0 Å². The summed E-state index contributed by atoms with van der Waals surface area (Å²) in [5.74, 6) is 0.928. The van der Waals surface area contributed by atoms with Crippen molar-refractivity contribution in [2.24, 2.45) is 0 Å². The van der Waals surface area contributed by atoms with E-state index < -0.39 is 0 Å². The molecule has 18 heavy (non-hydrogen) atoms. The number of unbranched alkanes of at least 4 members (excludes halogenated alkanes) is 6. The minimum absolute atomic E-state index is 0.928. The maximum Gasteiger partial charge on any atom is 0.119 e. The Bertz CT molecular complexity index is 341. The van der Waals surface area contributed by atoms with Crippen molar-refractivity contribution in [2.75, 3.05) is 7.11 Å². The Kier molecular flexibility index (Phi) is 8.03. The van der Waals surface area contributed by atoms with Crippen molar-refractivity contribution < 1.29 is 4.74 Å². The minimum atomic E-state index is 0.928. The summed E-state index contributed by atoms with van der Waals surface area (Å²) in [6, 6.07) is 8.19. The average molecular weight is 246 g/mol. The molecule has 1 rings (SSSR count). The molecule has 0 saturated heterocycles. The van der Waals surface area contributed by atoms with Crippen LogP contribution in [0.25, 0.3) is 6.08 Å². The topological polar surface area (TPSA) is 9.23 Å². The number of ether oxygens (including phenoxy) is 1. The van der Waals surface area contributed by atoms with Crippen LogP contribution in [0.3, 0.4) is 0 Å². The molecule has 0 N–H and O–H groups in total. The third-order valence-corrected chi connectivity index (χ3v) is 3.13. The van der Waals surface area contributed by atoms with Crippen molar-refractivity contribution in [1.82, 2.24) is 0 Å². The molecule has 1 nitrogen and oxygen atoms in total. The highest BCUT2D eigenvalue weighted by molar-refractivity contribution is 5.51. The standard InChI is InChI=1S/C17H26O/c1-3-4-5-6-7-8-9-10-12-16-13-11-14-17(15-16)18-2/h10-15H,3-9H2,1-2H3/b12-10+. The smallest absolute Gasteiger partial charge is 0.119 e. The molecule has 0 fully saturated rings. The van der Waals surface area contributed by atoms with Gasteiger partial charge in [-0.25, -0.2) is 0 Å². The number of benzene rings is 1.